The molecule has 0 amide bonds. The highest BCUT2D eigenvalue weighted by atomic mass is 31.1. The molecule has 0 aliphatic heterocycles. The van der Waals surface area contributed by atoms with Gasteiger partial charge in [0.1, 0.15) is 6.26 Å². The maximum absolute atomic E-state index is 4.55. The normalized spacial score (nSPS) is 8.93. The standard InChI is InChI=1S/C7H14.C4H5O2P/c1-3-5-7-6-4-2;1-2-4-7-6-5-3-1/h3H,1,4-7H2,2H3;1-4,7H. The molecule has 0 aliphatic carbocycles. The Labute approximate surface area is 87.4 Å². The van der Waals surface area contributed by atoms with Crippen LogP contribution in [0.25, 0.3) is 0 Å². The third-order valence-corrected chi connectivity index (χ3v) is 2.04. The van der Waals surface area contributed by atoms with Gasteiger partial charge < -0.3 is 0 Å². The van der Waals surface area contributed by atoms with E-state index in [2.05, 4.69) is 22.4 Å². The molecule has 0 saturated heterocycles. The van der Waals surface area contributed by atoms with E-state index >= 15 is 0 Å². The minimum absolute atomic E-state index is 0.329. The van der Waals surface area contributed by atoms with Gasteiger partial charge in [-0.05, 0) is 24.7 Å². The van der Waals surface area contributed by atoms with Gasteiger partial charge in [-0.3, -0.25) is 8.93 Å². The molecule has 1 aromatic rings. The van der Waals surface area contributed by atoms with Crippen molar-refractivity contribution in [3.8, 4) is 0 Å². The molecule has 1 heterocycles. The third kappa shape index (κ3) is 11.1. The van der Waals surface area contributed by atoms with Crippen LogP contribution in [0.1, 0.15) is 32.6 Å². The van der Waals surface area contributed by atoms with Gasteiger partial charge in [0, 0.05) is 0 Å². The van der Waals surface area contributed by atoms with Crippen molar-refractivity contribution in [2.24, 2.45) is 0 Å². The van der Waals surface area contributed by atoms with E-state index < -0.39 is 0 Å². The lowest BCUT2D eigenvalue weighted by Gasteiger charge is -1.87. The summed E-state index contributed by atoms with van der Waals surface area (Å²) >= 11 is 0. The molecule has 3 heteroatoms. The van der Waals surface area contributed by atoms with Crippen molar-refractivity contribution in [2.45, 2.75) is 32.6 Å². The van der Waals surface area contributed by atoms with Crippen LogP contribution in [0, 0.1) is 0 Å². The first-order valence-electron chi connectivity index (χ1n) is 4.92. The van der Waals surface area contributed by atoms with Gasteiger partial charge in [-0.2, -0.15) is 0 Å². The Morgan fingerprint density at radius 1 is 1.36 bits per heavy atom. The maximum atomic E-state index is 4.55. The van der Waals surface area contributed by atoms with Crippen molar-refractivity contribution < 1.29 is 8.93 Å². The van der Waals surface area contributed by atoms with Crippen molar-refractivity contribution in [1.29, 1.82) is 0 Å². The summed E-state index contributed by atoms with van der Waals surface area (Å²) in [4.78, 5) is 0. The molecule has 0 aliphatic rings. The number of rotatable bonds is 4. The van der Waals surface area contributed by atoms with Crippen LogP contribution in [0.3, 0.4) is 0 Å². The lowest BCUT2D eigenvalue weighted by atomic mass is 10.2. The van der Waals surface area contributed by atoms with E-state index in [1.165, 1.54) is 31.9 Å². The summed E-state index contributed by atoms with van der Waals surface area (Å²) in [5.74, 6) is 1.89. The quantitative estimate of drug-likeness (QED) is 0.409. The largest absolute Gasteiger partial charge is 0.296 e. The first-order valence-corrected chi connectivity index (χ1v) is 5.90. The molecule has 1 rings (SSSR count). The Hall–Kier alpha value is -0.880. The Balaban J connectivity index is 0.000000241. The van der Waals surface area contributed by atoms with Crippen molar-refractivity contribution in [2.75, 3.05) is 0 Å². The monoisotopic (exact) mass is 214 g/mol. The van der Waals surface area contributed by atoms with Gasteiger partial charge in [-0.25, -0.2) is 0 Å². The molecule has 0 radical (unpaired) electrons. The second kappa shape index (κ2) is 12.1. The number of unbranched alkanes of at least 4 members (excludes halogenated alkanes) is 3. The first-order chi connectivity index (χ1) is 6.91. The molecule has 14 heavy (non-hydrogen) atoms. The van der Waals surface area contributed by atoms with Crippen LogP contribution in [-0.4, -0.2) is 0 Å². The van der Waals surface area contributed by atoms with E-state index in [4.69, 9.17) is 0 Å². The zero-order valence-electron chi connectivity index (χ0n) is 8.74. The van der Waals surface area contributed by atoms with Gasteiger partial charge >= 0.3 is 0 Å². The highest BCUT2D eigenvalue weighted by Crippen LogP contribution is 1.97. The number of allylic oxidation sites excluding steroid dienone is 1. The second-order valence-electron chi connectivity index (χ2n) is 2.77. The summed E-state index contributed by atoms with van der Waals surface area (Å²) < 4.78 is 9.01. The van der Waals surface area contributed by atoms with E-state index in [1.54, 1.807) is 6.07 Å². The van der Waals surface area contributed by atoms with Crippen LogP contribution in [0.4, 0.5) is 0 Å². The molecule has 2 nitrogen and oxygen atoms in total. The molecule has 0 bridgehead atoms. The second-order valence-corrected chi connectivity index (χ2v) is 3.51. The molecule has 0 saturated carbocycles. The molecule has 1 aromatic heterocycles. The SMILES string of the molecule is C=CCCCCC.c1cc[pH]ooc1. The van der Waals surface area contributed by atoms with Crippen molar-refractivity contribution in [3.63, 3.8) is 0 Å². The smallest absolute Gasteiger partial charge is 0.143 e. The average molecular weight is 214 g/mol. The fourth-order valence-corrected chi connectivity index (χ4v) is 1.15. The molecule has 0 N–H and O–H groups in total. The Morgan fingerprint density at radius 2 is 2.21 bits per heavy atom. The molecule has 1 atom stereocenters. The van der Waals surface area contributed by atoms with E-state index in [0.717, 1.165) is 0 Å². The molecule has 0 fully saturated rings. The van der Waals surface area contributed by atoms with Crippen LogP contribution in [0.15, 0.2) is 45.8 Å². The topological polar surface area (TPSA) is 26.3 Å². The molecule has 1 unspecified atom stereocenters. The lowest BCUT2D eigenvalue weighted by molar-refractivity contribution is 0.102. The zero-order chi connectivity index (χ0) is 10.5. The van der Waals surface area contributed by atoms with Crippen LogP contribution in [0.5, 0.6) is 0 Å². The van der Waals surface area contributed by atoms with Crippen LogP contribution >= 0.6 is 8.43 Å². The van der Waals surface area contributed by atoms with Gasteiger partial charge in [0.15, 0.2) is 0 Å². The highest BCUT2D eigenvalue weighted by Gasteiger charge is 1.77. The predicted molar refractivity (Wildman–Crippen MR) is 62.4 cm³/mol. The van der Waals surface area contributed by atoms with E-state index in [0.29, 0.717) is 8.43 Å². The number of hydrogen-bond donors (Lipinski definition) is 0. The van der Waals surface area contributed by atoms with Gasteiger partial charge in [-0.1, -0.05) is 31.9 Å². The summed E-state index contributed by atoms with van der Waals surface area (Å²) in [6, 6.07) is 3.66. The lowest BCUT2D eigenvalue weighted by Crippen LogP contribution is -1.67. The maximum Gasteiger partial charge on any atom is 0.143 e. The summed E-state index contributed by atoms with van der Waals surface area (Å²) in [5, 5.41) is 0. The highest BCUT2D eigenvalue weighted by molar-refractivity contribution is 7.21. The molecular formula is C11H19O2P. The van der Waals surface area contributed by atoms with Crippen LogP contribution in [0.2, 0.25) is 0 Å². The summed E-state index contributed by atoms with van der Waals surface area (Å²) in [6.07, 6.45) is 8.65. The van der Waals surface area contributed by atoms with Crippen molar-refractivity contribution >= 4 is 8.43 Å². The molecular weight excluding hydrogens is 195 g/mol. The Morgan fingerprint density at radius 3 is 2.93 bits per heavy atom. The van der Waals surface area contributed by atoms with Crippen molar-refractivity contribution in [3.05, 3.63) is 36.8 Å². The Kier molecular flexibility index (Phi) is 11.4. The first kappa shape index (κ1) is 13.1. The van der Waals surface area contributed by atoms with Gasteiger partial charge in [0.2, 0.25) is 0 Å². The van der Waals surface area contributed by atoms with Crippen molar-refractivity contribution in [1.82, 2.24) is 0 Å². The van der Waals surface area contributed by atoms with Gasteiger partial charge in [0.05, 0.1) is 8.43 Å². The van der Waals surface area contributed by atoms with E-state index in [1.807, 2.05) is 17.9 Å². The van der Waals surface area contributed by atoms with Crippen LogP contribution < -0.4 is 0 Å². The number of hydrogen-bond acceptors (Lipinski definition) is 2. The minimum atomic E-state index is 0.329. The Bertz CT molecular complexity index is 182. The van der Waals surface area contributed by atoms with Crippen LogP contribution in [-0.2, 0) is 0 Å². The van der Waals surface area contributed by atoms with E-state index in [9.17, 15) is 0 Å². The summed E-state index contributed by atoms with van der Waals surface area (Å²) in [5.41, 5.74) is 0. The summed E-state index contributed by atoms with van der Waals surface area (Å²) in [7, 11) is 0.329. The molecule has 80 valence electrons. The fourth-order valence-electron chi connectivity index (χ4n) is 0.794. The zero-order valence-corrected chi connectivity index (χ0v) is 9.74. The average Bonchev–Trinajstić information content (AvgIpc) is 2.51. The summed E-state index contributed by atoms with van der Waals surface area (Å²) in [6.45, 7) is 5.84. The molecule has 0 spiro atoms. The predicted octanol–water partition coefficient (Wildman–Crippen LogP) is 4.78. The van der Waals surface area contributed by atoms with Gasteiger partial charge in [0.25, 0.3) is 0 Å². The molecule has 0 aromatic carbocycles. The van der Waals surface area contributed by atoms with E-state index in [-0.39, 0.29) is 0 Å². The van der Waals surface area contributed by atoms with Gasteiger partial charge in [-0.15, -0.1) is 6.58 Å². The minimum Gasteiger partial charge on any atom is -0.296 e. The fraction of sp³-hybridized carbons (Fsp3) is 0.455. The third-order valence-electron chi connectivity index (χ3n) is 1.52.